The second-order valence-corrected chi connectivity index (χ2v) is 8.70. The predicted octanol–water partition coefficient (Wildman–Crippen LogP) is 1.14. The van der Waals surface area contributed by atoms with Crippen molar-refractivity contribution in [2.75, 3.05) is 32.8 Å². The van der Waals surface area contributed by atoms with Gasteiger partial charge in [0.1, 0.15) is 5.76 Å². The Morgan fingerprint density at radius 3 is 2.58 bits per heavy atom. The number of amides is 2. The Balaban J connectivity index is 1.48. The Labute approximate surface area is 181 Å². The molecule has 1 aromatic carbocycles. The van der Waals surface area contributed by atoms with E-state index in [1.54, 1.807) is 30.3 Å². The monoisotopic (exact) mass is 447 g/mol. The first-order valence-electron chi connectivity index (χ1n) is 9.89. The van der Waals surface area contributed by atoms with Gasteiger partial charge >= 0.3 is 0 Å². The molecule has 0 aliphatic carbocycles. The summed E-state index contributed by atoms with van der Waals surface area (Å²) in [7, 11) is -3.66. The third-order valence-electron chi connectivity index (χ3n) is 4.63. The number of carbonyl (C=O) groups is 2. The van der Waals surface area contributed by atoms with E-state index in [-0.39, 0.29) is 36.2 Å². The molecule has 31 heavy (non-hydrogen) atoms. The van der Waals surface area contributed by atoms with Gasteiger partial charge in [0.15, 0.2) is 0 Å². The van der Waals surface area contributed by atoms with Crippen molar-refractivity contribution in [1.82, 2.24) is 14.9 Å². The standard InChI is InChI=1S/C21H25N3O6S/c25-20(8-7-18-5-3-13-30-18)22-10-9-21(26)23-16-17-4-1-2-6-19(17)31(27,28)24-11-14-29-15-12-24/h1-8,13H,9-12,14-16H2,(H,22,25)(H,23,26)/b8-7+. The zero-order chi connectivity index (χ0) is 22.1. The Bertz CT molecular complexity index is 1010. The third kappa shape index (κ3) is 6.51. The van der Waals surface area contributed by atoms with E-state index in [0.29, 0.717) is 37.6 Å². The van der Waals surface area contributed by atoms with Crippen LogP contribution < -0.4 is 10.6 Å². The van der Waals surface area contributed by atoms with Crippen molar-refractivity contribution in [3.63, 3.8) is 0 Å². The van der Waals surface area contributed by atoms with Crippen molar-refractivity contribution in [3.05, 3.63) is 60.1 Å². The van der Waals surface area contributed by atoms with Crippen LogP contribution in [0.25, 0.3) is 6.08 Å². The molecule has 166 valence electrons. The first kappa shape index (κ1) is 22.7. The number of benzene rings is 1. The summed E-state index contributed by atoms with van der Waals surface area (Å²) < 4.78 is 37.6. The molecule has 10 heteroatoms. The fourth-order valence-electron chi connectivity index (χ4n) is 3.01. The van der Waals surface area contributed by atoms with Crippen LogP contribution in [0, 0.1) is 0 Å². The van der Waals surface area contributed by atoms with Crippen LogP contribution in [0.1, 0.15) is 17.7 Å². The second kappa shape index (κ2) is 10.9. The fourth-order valence-corrected chi connectivity index (χ4v) is 4.64. The van der Waals surface area contributed by atoms with E-state index >= 15 is 0 Å². The van der Waals surface area contributed by atoms with E-state index in [1.165, 1.54) is 28.8 Å². The van der Waals surface area contributed by atoms with Crippen LogP contribution in [-0.2, 0) is 30.9 Å². The molecule has 3 rings (SSSR count). The van der Waals surface area contributed by atoms with Gasteiger partial charge in [-0.3, -0.25) is 9.59 Å². The van der Waals surface area contributed by atoms with Crippen LogP contribution >= 0.6 is 0 Å². The number of morpholine rings is 1. The maximum Gasteiger partial charge on any atom is 0.244 e. The maximum absolute atomic E-state index is 12.9. The molecule has 0 spiro atoms. The molecule has 2 amide bonds. The summed E-state index contributed by atoms with van der Waals surface area (Å²) in [6.45, 7) is 1.56. The molecule has 2 heterocycles. The number of carbonyl (C=O) groups excluding carboxylic acids is 2. The number of hydrogen-bond acceptors (Lipinski definition) is 6. The summed E-state index contributed by atoms with van der Waals surface area (Å²) in [5, 5.41) is 5.32. The Kier molecular flexibility index (Phi) is 7.99. The van der Waals surface area contributed by atoms with E-state index in [1.807, 2.05) is 0 Å². The van der Waals surface area contributed by atoms with Gasteiger partial charge in [0.25, 0.3) is 0 Å². The van der Waals surface area contributed by atoms with E-state index in [9.17, 15) is 18.0 Å². The van der Waals surface area contributed by atoms with Gasteiger partial charge < -0.3 is 19.8 Å². The molecule has 2 N–H and O–H groups in total. The van der Waals surface area contributed by atoms with Gasteiger partial charge in [-0.1, -0.05) is 18.2 Å². The first-order valence-corrected chi connectivity index (χ1v) is 11.3. The molecule has 1 aromatic heterocycles. The van der Waals surface area contributed by atoms with Crippen molar-refractivity contribution < 1.29 is 27.2 Å². The average molecular weight is 448 g/mol. The number of ether oxygens (including phenoxy) is 1. The number of sulfonamides is 1. The van der Waals surface area contributed by atoms with E-state index in [0.717, 1.165) is 0 Å². The number of nitrogens with zero attached hydrogens (tertiary/aromatic N) is 1. The lowest BCUT2D eigenvalue weighted by molar-refractivity contribution is -0.121. The van der Waals surface area contributed by atoms with Crippen LogP contribution in [0.15, 0.2) is 58.1 Å². The Morgan fingerprint density at radius 1 is 1.06 bits per heavy atom. The summed E-state index contributed by atoms with van der Waals surface area (Å²) in [5.74, 6) is -0.0846. The highest BCUT2D eigenvalue weighted by atomic mass is 32.2. The van der Waals surface area contributed by atoms with Gasteiger partial charge in [0, 0.05) is 38.7 Å². The number of nitrogens with one attached hydrogen (secondary N) is 2. The number of furan rings is 1. The molecular formula is C21H25N3O6S. The van der Waals surface area contributed by atoms with Crippen molar-refractivity contribution in [2.24, 2.45) is 0 Å². The van der Waals surface area contributed by atoms with Crippen LogP contribution in [0.5, 0.6) is 0 Å². The highest BCUT2D eigenvalue weighted by Crippen LogP contribution is 2.21. The highest BCUT2D eigenvalue weighted by molar-refractivity contribution is 7.89. The molecule has 0 radical (unpaired) electrons. The molecule has 1 saturated heterocycles. The van der Waals surface area contributed by atoms with Crippen molar-refractivity contribution >= 4 is 27.9 Å². The Hall–Kier alpha value is -2.95. The Morgan fingerprint density at radius 2 is 1.84 bits per heavy atom. The quantitative estimate of drug-likeness (QED) is 0.557. The van der Waals surface area contributed by atoms with Crippen molar-refractivity contribution in [3.8, 4) is 0 Å². The summed E-state index contributed by atoms with van der Waals surface area (Å²) >= 11 is 0. The topological polar surface area (TPSA) is 118 Å². The minimum atomic E-state index is -3.66. The van der Waals surface area contributed by atoms with Gasteiger partial charge in [-0.2, -0.15) is 4.31 Å². The average Bonchev–Trinajstić information content (AvgIpc) is 3.31. The predicted molar refractivity (Wildman–Crippen MR) is 113 cm³/mol. The molecule has 2 aromatic rings. The van der Waals surface area contributed by atoms with Gasteiger partial charge in [0.2, 0.25) is 21.8 Å². The maximum atomic E-state index is 12.9. The van der Waals surface area contributed by atoms with Gasteiger partial charge in [-0.15, -0.1) is 0 Å². The molecule has 9 nitrogen and oxygen atoms in total. The number of hydrogen-bond donors (Lipinski definition) is 2. The zero-order valence-corrected chi connectivity index (χ0v) is 17.8. The lowest BCUT2D eigenvalue weighted by atomic mass is 10.2. The fraction of sp³-hybridized carbons (Fsp3) is 0.333. The molecular weight excluding hydrogens is 422 g/mol. The van der Waals surface area contributed by atoms with Gasteiger partial charge in [-0.25, -0.2) is 8.42 Å². The smallest absolute Gasteiger partial charge is 0.244 e. The lowest BCUT2D eigenvalue weighted by Crippen LogP contribution is -2.41. The zero-order valence-electron chi connectivity index (χ0n) is 17.0. The van der Waals surface area contributed by atoms with Crippen LogP contribution in [0.2, 0.25) is 0 Å². The second-order valence-electron chi connectivity index (χ2n) is 6.79. The van der Waals surface area contributed by atoms with Crippen molar-refractivity contribution in [2.45, 2.75) is 17.9 Å². The van der Waals surface area contributed by atoms with E-state index in [2.05, 4.69) is 10.6 Å². The minimum absolute atomic E-state index is 0.0682. The van der Waals surface area contributed by atoms with Crippen LogP contribution in [-0.4, -0.2) is 57.4 Å². The lowest BCUT2D eigenvalue weighted by Gasteiger charge is -2.27. The van der Waals surface area contributed by atoms with Crippen LogP contribution in [0.3, 0.4) is 0 Å². The molecule has 0 saturated carbocycles. The largest absolute Gasteiger partial charge is 0.465 e. The molecule has 0 atom stereocenters. The summed E-state index contributed by atoms with van der Waals surface area (Å²) in [5.41, 5.74) is 0.507. The van der Waals surface area contributed by atoms with Crippen LogP contribution in [0.4, 0.5) is 0 Å². The molecule has 0 unspecified atom stereocenters. The summed E-state index contributed by atoms with van der Waals surface area (Å²) in [6.07, 6.45) is 4.43. The minimum Gasteiger partial charge on any atom is -0.465 e. The summed E-state index contributed by atoms with van der Waals surface area (Å²) in [6, 6.07) is 10.0. The third-order valence-corrected chi connectivity index (χ3v) is 6.63. The molecule has 0 bridgehead atoms. The highest BCUT2D eigenvalue weighted by Gasteiger charge is 2.28. The number of rotatable bonds is 9. The van der Waals surface area contributed by atoms with Gasteiger partial charge in [0.05, 0.1) is 24.4 Å². The molecule has 1 aliphatic heterocycles. The SMILES string of the molecule is O=C(/C=C/c1ccco1)NCCC(=O)NCc1ccccc1S(=O)(=O)N1CCOCC1. The van der Waals surface area contributed by atoms with Gasteiger partial charge in [-0.05, 0) is 29.8 Å². The molecule has 1 fully saturated rings. The first-order chi connectivity index (χ1) is 15.0. The summed E-state index contributed by atoms with van der Waals surface area (Å²) in [4.78, 5) is 24.1. The van der Waals surface area contributed by atoms with Crippen molar-refractivity contribution in [1.29, 1.82) is 0 Å². The van der Waals surface area contributed by atoms with E-state index < -0.39 is 10.0 Å². The van der Waals surface area contributed by atoms with E-state index in [4.69, 9.17) is 9.15 Å². The normalized spacial score (nSPS) is 15.1. The molecule has 1 aliphatic rings.